The Hall–Kier alpha value is -4.24. The minimum atomic E-state index is -0.619. The number of H-pyrrole nitrogens is 1. The fourth-order valence-corrected chi connectivity index (χ4v) is 3.63. The Bertz CT molecular complexity index is 1260. The average molecular weight is 410 g/mol. The van der Waals surface area contributed by atoms with E-state index in [9.17, 15) is 9.18 Å². The molecule has 0 aliphatic heterocycles. The van der Waals surface area contributed by atoms with Gasteiger partial charge < -0.3 is 10.7 Å². The number of halogens is 1. The van der Waals surface area contributed by atoms with E-state index in [0.717, 1.165) is 16.8 Å². The van der Waals surface area contributed by atoms with E-state index in [1.807, 2.05) is 42.5 Å². The molecule has 1 amide bonds. The molecule has 4 rings (SSSR count). The topological polar surface area (TPSA) is 95.6 Å². The molecule has 3 N–H and O–H groups in total. The third-order valence-electron chi connectivity index (χ3n) is 5.19. The first-order valence-electron chi connectivity index (χ1n) is 9.74. The van der Waals surface area contributed by atoms with Crippen molar-refractivity contribution < 1.29 is 9.18 Å². The van der Waals surface area contributed by atoms with E-state index >= 15 is 0 Å². The van der Waals surface area contributed by atoms with Crippen LogP contribution < -0.4 is 5.73 Å². The molecule has 4 aromatic rings. The highest BCUT2D eigenvalue weighted by atomic mass is 19.1. The van der Waals surface area contributed by atoms with Gasteiger partial charge in [-0.25, -0.2) is 9.37 Å². The normalized spacial score (nSPS) is 11.6. The monoisotopic (exact) mass is 410 g/mol. The van der Waals surface area contributed by atoms with Crippen LogP contribution in [0.3, 0.4) is 0 Å². The van der Waals surface area contributed by atoms with Crippen LogP contribution in [-0.4, -0.2) is 15.9 Å². The number of benzene rings is 3. The summed E-state index contributed by atoms with van der Waals surface area (Å²) in [6, 6.07) is 22.9. The number of hydrogen-bond donors (Lipinski definition) is 2. The summed E-state index contributed by atoms with van der Waals surface area (Å²) < 4.78 is 14.2. The first kappa shape index (κ1) is 20.0. The highest BCUT2D eigenvalue weighted by Gasteiger charge is 2.24. The summed E-state index contributed by atoms with van der Waals surface area (Å²) >= 11 is 0. The summed E-state index contributed by atoms with van der Waals surface area (Å²) in [7, 11) is 0. The van der Waals surface area contributed by atoms with Crippen molar-refractivity contribution in [1.29, 1.82) is 5.26 Å². The number of hydrogen-bond acceptors (Lipinski definition) is 3. The Morgan fingerprint density at radius 2 is 1.84 bits per heavy atom. The Labute approximate surface area is 179 Å². The van der Waals surface area contributed by atoms with E-state index in [1.54, 1.807) is 18.3 Å². The number of primary amides is 1. The smallest absolute Gasteiger partial charge is 0.249 e. The zero-order chi connectivity index (χ0) is 21.8. The minimum absolute atomic E-state index is 0.263. The van der Waals surface area contributed by atoms with Gasteiger partial charge in [0.05, 0.1) is 23.5 Å². The van der Waals surface area contributed by atoms with Crippen LogP contribution in [0.1, 0.15) is 38.8 Å². The van der Waals surface area contributed by atoms with Gasteiger partial charge in [-0.2, -0.15) is 5.26 Å². The summed E-state index contributed by atoms with van der Waals surface area (Å²) in [5.41, 5.74) is 9.53. The maximum Gasteiger partial charge on any atom is 0.249 e. The number of nitrogens with zero attached hydrogens (tertiary/aromatic N) is 2. The van der Waals surface area contributed by atoms with Crippen molar-refractivity contribution in [2.24, 2.45) is 5.73 Å². The van der Waals surface area contributed by atoms with Crippen LogP contribution in [-0.2, 0) is 6.42 Å². The predicted octanol–water partition coefficient (Wildman–Crippen LogP) is 4.56. The van der Waals surface area contributed by atoms with E-state index in [1.165, 1.54) is 18.2 Å². The molecule has 0 bridgehead atoms. The van der Waals surface area contributed by atoms with Gasteiger partial charge in [0.15, 0.2) is 0 Å². The molecule has 0 unspecified atom stereocenters. The van der Waals surface area contributed by atoms with Crippen molar-refractivity contribution in [1.82, 2.24) is 9.97 Å². The minimum Gasteiger partial charge on any atom is -0.366 e. The number of carbonyl (C=O) groups excluding carboxylic acids is 1. The zero-order valence-electron chi connectivity index (χ0n) is 16.5. The molecule has 0 saturated carbocycles. The fraction of sp³-hybridized carbons (Fsp3) is 0.0800. The van der Waals surface area contributed by atoms with Gasteiger partial charge >= 0.3 is 0 Å². The van der Waals surface area contributed by atoms with Gasteiger partial charge in [0.1, 0.15) is 11.6 Å². The Balaban J connectivity index is 1.79. The zero-order valence-corrected chi connectivity index (χ0v) is 16.5. The third kappa shape index (κ3) is 4.36. The van der Waals surface area contributed by atoms with Gasteiger partial charge in [-0.05, 0) is 53.4 Å². The van der Waals surface area contributed by atoms with Gasteiger partial charge in [-0.3, -0.25) is 4.79 Å². The van der Waals surface area contributed by atoms with Gasteiger partial charge in [0, 0.05) is 11.5 Å². The van der Waals surface area contributed by atoms with Gasteiger partial charge in [-0.1, -0.05) is 42.5 Å². The molecule has 31 heavy (non-hydrogen) atoms. The molecular weight excluding hydrogens is 391 g/mol. The number of aromatic nitrogens is 2. The SMILES string of the molecule is N#Cc1ccc(-c2cnc([C@@H](Cc3ccccc3)c3cc(F)ccc3C(N)=O)[nH]2)cc1. The van der Waals surface area contributed by atoms with Crippen molar-refractivity contribution in [2.45, 2.75) is 12.3 Å². The Morgan fingerprint density at radius 3 is 2.52 bits per heavy atom. The molecule has 1 heterocycles. The highest BCUT2D eigenvalue weighted by Crippen LogP contribution is 2.31. The quantitative estimate of drug-likeness (QED) is 0.488. The molecule has 5 nitrogen and oxygen atoms in total. The van der Waals surface area contributed by atoms with Crippen LogP contribution in [0, 0.1) is 17.1 Å². The van der Waals surface area contributed by atoms with E-state index in [4.69, 9.17) is 11.0 Å². The first-order valence-corrected chi connectivity index (χ1v) is 9.74. The van der Waals surface area contributed by atoms with Crippen molar-refractivity contribution in [3.05, 3.63) is 113 Å². The maximum absolute atomic E-state index is 14.2. The number of rotatable bonds is 6. The van der Waals surface area contributed by atoms with Crippen molar-refractivity contribution in [2.75, 3.05) is 0 Å². The van der Waals surface area contributed by atoms with Crippen molar-refractivity contribution >= 4 is 5.91 Å². The average Bonchev–Trinajstić information content (AvgIpc) is 3.28. The van der Waals surface area contributed by atoms with Gasteiger partial charge in [-0.15, -0.1) is 0 Å². The highest BCUT2D eigenvalue weighted by molar-refractivity contribution is 5.94. The summed E-state index contributed by atoms with van der Waals surface area (Å²) in [5.74, 6) is -0.882. The molecule has 3 aromatic carbocycles. The number of amides is 1. The van der Waals surface area contributed by atoms with Crippen LogP contribution in [0.4, 0.5) is 4.39 Å². The second-order valence-corrected chi connectivity index (χ2v) is 7.21. The molecular formula is C25H19FN4O. The summed E-state index contributed by atoms with van der Waals surface area (Å²) in [6.07, 6.45) is 2.20. The second kappa shape index (κ2) is 8.64. The number of aromatic amines is 1. The molecule has 0 aliphatic carbocycles. The van der Waals surface area contributed by atoms with Crippen LogP contribution in [0.2, 0.25) is 0 Å². The molecule has 1 aromatic heterocycles. The molecule has 0 spiro atoms. The number of imidazole rings is 1. The van der Waals surface area contributed by atoms with Crippen molar-refractivity contribution in [3.8, 4) is 17.3 Å². The molecule has 1 atom stereocenters. The molecule has 6 heteroatoms. The molecule has 152 valence electrons. The lowest BCUT2D eigenvalue weighted by Crippen LogP contribution is -2.18. The summed E-state index contributed by atoms with van der Waals surface area (Å²) in [6.45, 7) is 0. The van der Waals surface area contributed by atoms with Gasteiger partial charge in [0.2, 0.25) is 5.91 Å². The number of nitrogens with two attached hydrogens (primary N) is 1. The molecule has 0 aliphatic rings. The van der Waals surface area contributed by atoms with E-state index in [0.29, 0.717) is 23.4 Å². The van der Waals surface area contributed by atoms with Crippen LogP contribution in [0.5, 0.6) is 0 Å². The maximum atomic E-state index is 14.2. The summed E-state index contributed by atoms with van der Waals surface area (Å²) in [4.78, 5) is 19.9. The number of nitrogens with one attached hydrogen (secondary N) is 1. The summed E-state index contributed by atoms with van der Waals surface area (Å²) in [5, 5.41) is 9.00. The lowest BCUT2D eigenvalue weighted by Gasteiger charge is -2.18. The number of nitriles is 1. The number of carbonyl (C=O) groups is 1. The third-order valence-corrected chi connectivity index (χ3v) is 5.19. The molecule has 0 radical (unpaired) electrons. The fourth-order valence-electron chi connectivity index (χ4n) is 3.63. The van der Waals surface area contributed by atoms with Gasteiger partial charge in [0.25, 0.3) is 0 Å². The lowest BCUT2D eigenvalue weighted by atomic mass is 9.87. The van der Waals surface area contributed by atoms with Crippen LogP contribution in [0.15, 0.2) is 79.0 Å². The standard InChI is InChI=1S/C25H19FN4O/c26-19-10-11-20(24(28)31)21(13-19)22(12-16-4-2-1-3-5-16)25-29-15-23(30-25)18-8-6-17(14-27)7-9-18/h1-11,13,15,22H,12H2,(H2,28,31)(H,29,30)/t22-/m0/s1. The molecule has 0 fully saturated rings. The van der Waals surface area contributed by atoms with Crippen LogP contribution in [0.25, 0.3) is 11.3 Å². The van der Waals surface area contributed by atoms with Crippen LogP contribution >= 0.6 is 0 Å². The Morgan fingerprint density at radius 1 is 1.10 bits per heavy atom. The molecule has 0 saturated heterocycles. The van der Waals surface area contributed by atoms with E-state index in [2.05, 4.69) is 16.0 Å². The second-order valence-electron chi connectivity index (χ2n) is 7.21. The predicted molar refractivity (Wildman–Crippen MR) is 116 cm³/mol. The lowest BCUT2D eigenvalue weighted by molar-refractivity contribution is 0.0999. The van der Waals surface area contributed by atoms with E-state index in [-0.39, 0.29) is 5.56 Å². The Kier molecular flexibility index (Phi) is 5.59. The van der Waals surface area contributed by atoms with E-state index < -0.39 is 17.6 Å². The van der Waals surface area contributed by atoms with Crippen molar-refractivity contribution in [3.63, 3.8) is 0 Å². The largest absolute Gasteiger partial charge is 0.366 e. The first-order chi connectivity index (χ1) is 15.0.